The van der Waals surface area contributed by atoms with Crippen LogP contribution in [0.3, 0.4) is 0 Å². The number of hydrogen-bond acceptors (Lipinski definition) is 7. The zero-order chi connectivity index (χ0) is 21.5. The third kappa shape index (κ3) is 3.37. The first-order valence-electron chi connectivity index (χ1n) is 11.0. The van der Waals surface area contributed by atoms with Gasteiger partial charge in [-0.1, -0.05) is 19.3 Å². The molecule has 162 valence electrons. The van der Waals surface area contributed by atoms with Crippen molar-refractivity contribution in [3.05, 3.63) is 48.7 Å². The molecule has 1 aliphatic carbocycles. The molecule has 0 radical (unpaired) electrons. The quantitative estimate of drug-likeness (QED) is 0.487. The molecule has 8 nitrogen and oxygen atoms in total. The minimum atomic E-state index is 0.172. The molecule has 8 heteroatoms. The Balaban J connectivity index is 1.47. The van der Waals surface area contributed by atoms with Crippen LogP contribution in [0.5, 0.6) is 17.2 Å². The zero-order valence-electron chi connectivity index (χ0n) is 17.5. The number of nitrogens with zero attached hydrogens (tertiary/aromatic N) is 4. The second-order valence-electron chi connectivity index (χ2n) is 8.23. The highest BCUT2D eigenvalue weighted by Gasteiger charge is 2.21. The largest absolute Gasteiger partial charge is 0.508 e. The standard InChI is InChI=1S/C24H23N5O3/c30-17-7-8-18-19(13-17)29(23(27-18)15-6-9-20-21(12-15)32-14-31-20)22-10-11-25-24(28-22)26-16-4-2-1-3-5-16/h6-13,16,30H,1-5,14H2,(H,25,26,28). The van der Waals surface area contributed by atoms with Crippen LogP contribution in [-0.2, 0) is 0 Å². The Morgan fingerprint density at radius 1 is 0.938 bits per heavy atom. The molecule has 2 N–H and O–H groups in total. The van der Waals surface area contributed by atoms with E-state index in [2.05, 4.69) is 10.3 Å². The van der Waals surface area contributed by atoms with Crippen LogP contribution in [-0.4, -0.2) is 37.5 Å². The van der Waals surface area contributed by atoms with Gasteiger partial charge < -0.3 is 19.9 Å². The first-order valence-corrected chi connectivity index (χ1v) is 11.0. The highest BCUT2D eigenvalue weighted by atomic mass is 16.7. The molecule has 0 unspecified atom stereocenters. The minimum absolute atomic E-state index is 0.172. The van der Waals surface area contributed by atoms with Gasteiger partial charge in [0.25, 0.3) is 0 Å². The van der Waals surface area contributed by atoms with Crippen molar-refractivity contribution in [1.82, 2.24) is 19.5 Å². The summed E-state index contributed by atoms with van der Waals surface area (Å²) in [4.78, 5) is 14.1. The maximum absolute atomic E-state index is 10.2. The molecule has 6 rings (SSSR count). The van der Waals surface area contributed by atoms with Crippen molar-refractivity contribution in [2.45, 2.75) is 38.1 Å². The van der Waals surface area contributed by atoms with Crippen LogP contribution in [0.25, 0.3) is 28.2 Å². The number of aromatic hydroxyl groups is 1. The van der Waals surface area contributed by atoms with Gasteiger partial charge in [-0.15, -0.1) is 0 Å². The van der Waals surface area contributed by atoms with E-state index in [1.54, 1.807) is 24.4 Å². The number of aromatic nitrogens is 4. The number of benzene rings is 2. The number of imidazole rings is 1. The summed E-state index contributed by atoms with van der Waals surface area (Å²) in [5, 5.41) is 13.7. The predicted molar refractivity (Wildman–Crippen MR) is 120 cm³/mol. The summed E-state index contributed by atoms with van der Waals surface area (Å²) in [6.07, 6.45) is 7.79. The Bertz CT molecular complexity index is 1300. The molecule has 4 aromatic rings. The minimum Gasteiger partial charge on any atom is -0.508 e. The van der Waals surface area contributed by atoms with E-state index in [-0.39, 0.29) is 12.5 Å². The maximum Gasteiger partial charge on any atom is 0.231 e. The summed E-state index contributed by atoms with van der Waals surface area (Å²) in [5.41, 5.74) is 2.39. The molecule has 0 saturated heterocycles. The van der Waals surface area contributed by atoms with Gasteiger partial charge in [-0.3, -0.25) is 4.57 Å². The van der Waals surface area contributed by atoms with Crippen LogP contribution in [0.2, 0.25) is 0 Å². The van der Waals surface area contributed by atoms with E-state index >= 15 is 0 Å². The van der Waals surface area contributed by atoms with E-state index in [1.165, 1.54) is 19.3 Å². The second-order valence-corrected chi connectivity index (χ2v) is 8.23. The number of nitrogens with one attached hydrogen (secondary N) is 1. The van der Waals surface area contributed by atoms with Gasteiger partial charge in [0.1, 0.15) is 17.4 Å². The fourth-order valence-corrected chi connectivity index (χ4v) is 4.50. The van der Waals surface area contributed by atoms with E-state index in [0.29, 0.717) is 29.4 Å². The molecule has 0 amide bonds. The van der Waals surface area contributed by atoms with Gasteiger partial charge in [-0.2, -0.15) is 4.98 Å². The van der Waals surface area contributed by atoms with Crippen LogP contribution in [0.1, 0.15) is 32.1 Å². The van der Waals surface area contributed by atoms with Gasteiger partial charge in [0, 0.05) is 23.9 Å². The predicted octanol–water partition coefficient (Wildman–Crippen LogP) is 4.66. The Morgan fingerprint density at radius 3 is 2.72 bits per heavy atom. The van der Waals surface area contributed by atoms with Crippen molar-refractivity contribution in [2.24, 2.45) is 0 Å². The lowest BCUT2D eigenvalue weighted by Crippen LogP contribution is -2.23. The number of phenolic OH excluding ortho intramolecular Hbond substituents is 1. The monoisotopic (exact) mass is 429 g/mol. The lowest BCUT2D eigenvalue weighted by molar-refractivity contribution is 0.174. The zero-order valence-corrected chi connectivity index (χ0v) is 17.5. The van der Waals surface area contributed by atoms with Crippen LogP contribution < -0.4 is 14.8 Å². The molecule has 3 heterocycles. The summed E-state index contributed by atoms with van der Waals surface area (Å²) in [6, 6.07) is 13.2. The van der Waals surface area contributed by atoms with Crippen LogP contribution in [0.4, 0.5) is 5.95 Å². The van der Waals surface area contributed by atoms with Gasteiger partial charge >= 0.3 is 0 Å². The summed E-state index contributed by atoms with van der Waals surface area (Å²) < 4.78 is 13.0. The third-order valence-electron chi connectivity index (χ3n) is 6.08. The molecule has 1 fully saturated rings. The number of hydrogen-bond donors (Lipinski definition) is 2. The first kappa shape index (κ1) is 18.9. The van der Waals surface area contributed by atoms with E-state index in [1.807, 2.05) is 28.8 Å². The summed E-state index contributed by atoms with van der Waals surface area (Å²) in [6.45, 7) is 0.213. The Labute approximate surface area is 184 Å². The maximum atomic E-state index is 10.2. The van der Waals surface area contributed by atoms with Gasteiger partial charge in [0.2, 0.25) is 12.7 Å². The van der Waals surface area contributed by atoms with E-state index in [9.17, 15) is 5.11 Å². The highest BCUT2D eigenvalue weighted by Crippen LogP contribution is 2.37. The van der Waals surface area contributed by atoms with Gasteiger partial charge in [0.05, 0.1) is 11.0 Å². The van der Waals surface area contributed by atoms with Crippen molar-refractivity contribution < 1.29 is 14.6 Å². The van der Waals surface area contributed by atoms with Gasteiger partial charge in [0.15, 0.2) is 11.5 Å². The van der Waals surface area contributed by atoms with Crippen LogP contribution in [0.15, 0.2) is 48.7 Å². The number of fused-ring (bicyclic) bond motifs is 2. The smallest absolute Gasteiger partial charge is 0.231 e. The van der Waals surface area contributed by atoms with Crippen LogP contribution >= 0.6 is 0 Å². The molecular formula is C24H23N5O3. The lowest BCUT2D eigenvalue weighted by atomic mass is 9.96. The molecule has 0 atom stereocenters. The van der Waals surface area contributed by atoms with Crippen molar-refractivity contribution in [3.8, 4) is 34.5 Å². The molecule has 2 aromatic heterocycles. The fourth-order valence-electron chi connectivity index (χ4n) is 4.50. The molecule has 1 aliphatic heterocycles. The summed E-state index contributed by atoms with van der Waals surface area (Å²) in [5.74, 6) is 3.56. The number of phenols is 1. The molecule has 0 bridgehead atoms. The normalized spacial score (nSPS) is 15.9. The second kappa shape index (κ2) is 7.71. The topological polar surface area (TPSA) is 94.3 Å². The van der Waals surface area contributed by atoms with Crippen molar-refractivity contribution in [1.29, 1.82) is 0 Å². The molecule has 0 spiro atoms. The molecule has 2 aliphatic rings. The molecule has 2 aromatic carbocycles. The fraction of sp³-hybridized carbons (Fsp3) is 0.292. The van der Waals surface area contributed by atoms with Crippen molar-refractivity contribution in [3.63, 3.8) is 0 Å². The third-order valence-corrected chi connectivity index (χ3v) is 6.08. The first-order chi connectivity index (χ1) is 15.7. The SMILES string of the molecule is Oc1ccc2nc(-c3ccc4c(c3)OCO4)n(-c3ccnc(NC4CCCCC4)n3)c2c1. The molecular weight excluding hydrogens is 406 g/mol. The van der Waals surface area contributed by atoms with Gasteiger partial charge in [-0.25, -0.2) is 9.97 Å². The van der Waals surface area contributed by atoms with Crippen molar-refractivity contribution >= 4 is 17.0 Å². The molecule has 1 saturated carbocycles. The molecule has 32 heavy (non-hydrogen) atoms. The van der Waals surface area contributed by atoms with Gasteiger partial charge in [-0.05, 0) is 49.2 Å². The average Bonchev–Trinajstić information content (AvgIpc) is 3.43. The Kier molecular flexibility index (Phi) is 4.56. The van der Waals surface area contributed by atoms with Crippen LogP contribution in [0, 0.1) is 0 Å². The van der Waals surface area contributed by atoms with Crippen molar-refractivity contribution in [2.75, 3.05) is 12.1 Å². The van der Waals surface area contributed by atoms with E-state index in [4.69, 9.17) is 19.4 Å². The number of rotatable bonds is 4. The van der Waals surface area contributed by atoms with E-state index < -0.39 is 0 Å². The number of ether oxygens (including phenoxy) is 2. The number of anilines is 1. The average molecular weight is 429 g/mol. The summed E-state index contributed by atoms with van der Waals surface area (Å²) >= 11 is 0. The highest BCUT2D eigenvalue weighted by molar-refractivity contribution is 5.84. The Hall–Kier alpha value is -3.81. The lowest BCUT2D eigenvalue weighted by Gasteiger charge is -2.22. The Morgan fingerprint density at radius 2 is 1.81 bits per heavy atom. The van der Waals surface area contributed by atoms with E-state index in [0.717, 1.165) is 35.2 Å². The summed E-state index contributed by atoms with van der Waals surface area (Å²) in [7, 11) is 0.